The molecule has 0 aliphatic carbocycles. The third kappa shape index (κ3) is 7.07. The second-order valence-corrected chi connectivity index (χ2v) is 6.84. The van der Waals surface area contributed by atoms with Gasteiger partial charge in [-0.2, -0.15) is 0 Å². The Morgan fingerprint density at radius 1 is 1.10 bits per heavy atom. The standard InChI is InChI=1S/C21H27F2N5O2/c1-3-28(4-2)13-20(29)27-18(10-14-5-7-16(22)17(23)9-14)21(30)26-12-15-6-8-19(24)25-11-15/h5-9,11,18H,3-4,10,12-13H2,1-2H3,(H2,24,25)(H,26,30)(H,27,29)/t18-/m0/s1. The van der Waals surface area contributed by atoms with Gasteiger partial charge >= 0.3 is 0 Å². The SMILES string of the molecule is CCN(CC)CC(=O)N[C@@H](Cc1ccc(F)c(F)c1)C(=O)NCc1ccc(N)nc1. The molecule has 0 aliphatic heterocycles. The Morgan fingerprint density at radius 3 is 2.40 bits per heavy atom. The largest absolute Gasteiger partial charge is 0.384 e. The van der Waals surface area contributed by atoms with Crippen LogP contribution in [0.2, 0.25) is 0 Å². The highest BCUT2D eigenvalue weighted by atomic mass is 19.2. The number of rotatable bonds is 10. The van der Waals surface area contributed by atoms with Gasteiger partial charge in [0.15, 0.2) is 11.6 Å². The summed E-state index contributed by atoms with van der Waals surface area (Å²) in [4.78, 5) is 31.0. The van der Waals surface area contributed by atoms with Gasteiger partial charge in [0.1, 0.15) is 11.9 Å². The van der Waals surface area contributed by atoms with Crippen LogP contribution in [0.15, 0.2) is 36.5 Å². The highest BCUT2D eigenvalue weighted by Crippen LogP contribution is 2.11. The number of nitrogens with one attached hydrogen (secondary N) is 2. The van der Waals surface area contributed by atoms with Crippen LogP contribution in [-0.2, 0) is 22.6 Å². The predicted octanol–water partition coefficient (Wildman–Crippen LogP) is 1.63. The van der Waals surface area contributed by atoms with Gasteiger partial charge in [-0.3, -0.25) is 14.5 Å². The second kappa shape index (κ2) is 11.2. The third-order valence-electron chi connectivity index (χ3n) is 4.65. The van der Waals surface area contributed by atoms with Crippen molar-refractivity contribution in [2.45, 2.75) is 32.9 Å². The van der Waals surface area contributed by atoms with Crippen molar-refractivity contribution in [2.75, 3.05) is 25.4 Å². The Balaban J connectivity index is 2.09. The minimum absolute atomic E-state index is 0.0208. The zero-order valence-electron chi connectivity index (χ0n) is 17.1. The number of carbonyl (C=O) groups excluding carboxylic acids is 2. The van der Waals surface area contributed by atoms with E-state index in [1.54, 1.807) is 18.3 Å². The molecule has 0 aliphatic rings. The van der Waals surface area contributed by atoms with E-state index in [-0.39, 0.29) is 25.4 Å². The van der Waals surface area contributed by atoms with E-state index in [1.807, 2.05) is 18.7 Å². The average Bonchev–Trinajstić information content (AvgIpc) is 2.73. The summed E-state index contributed by atoms with van der Waals surface area (Å²) in [6, 6.07) is 5.81. The topological polar surface area (TPSA) is 100 Å². The minimum Gasteiger partial charge on any atom is -0.384 e. The number of likely N-dealkylation sites (N-methyl/N-ethyl adjacent to an activating group) is 1. The second-order valence-electron chi connectivity index (χ2n) is 6.84. The summed E-state index contributed by atoms with van der Waals surface area (Å²) in [5.74, 6) is -2.37. The molecule has 0 radical (unpaired) electrons. The maximum absolute atomic E-state index is 13.6. The fourth-order valence-electron chi connectivity index (χ4n) is 2.85. The van der Waals surface area contributed by atoms with Crippen LogP contribution in [-0.4, -0.2) is 47.4 Å². The molecule has 162 valence electrons. The van der Waals surface area contributed by atoms with Gasteiger partial charge in [-0.25, -0.2) is 13.8 Å². The molecule has 1 heterocycles. The van der Waals surface area contributed by atoms with Gasteiger partial charge < -0.3 is 16.4 Å². The lowest BCUT2D eigenvalue weighted by molar-refractivity contribution is -0.129. The lowest BCUT2D eigenvalue weighted by Gasteiger charge is -2.22. The van der Waals surface area contributed by atoms with Crippen LogP contribution < -0.4 is 16.4 Å². The molecule has 1 aromatic heterocycles. The van der Waals surface area contributed by atoms with Crippen LogP contribution in [0, 0.1) is 11.6 Å². The van der Waals surface area contributed by atoms with E-state index < -0.39 is 23.6 Å². The number of benzene rings is 1. The van der Waals surface area contributed by atoms with Crippen molar-refractivity contribution < 1.29 is 18.4 Å². The van der Waals surface area contributed by atoms with Crippen molar-refractivity contribution in [1.82, 2.24) is 20.5 Å². The Labute approximate surface area is 174 Å². The Hall–Kier alpha value is -3.07. The van der Waals surface area contributed by atoms with Gasteiger partial charge in [-0.05, 0) is 42.4 Å². The average molecular weight is 419 g/mol. The lowest BCUT2D eigenvalue weighted by Crippen LogP contribution is -2.50. The van der Waals surface area contributed by atoms with Crippen LogP contribution >= 0.6 is 0 Å². The Bertz CT molecular complexity index is 857. The van der Waals surface area contributed by atoms with Crippen molar-refractivity contribution in [3.8, 4) is 0 Å². The molecular weight excluding hydrogens is 392 g/mol. The Kier molecular flexibility index (Phi) is 8.67. The van der Waals surface area contributed by atoms with Crippen LogP contribution in [0.1, 0.15) is 25.0 Å². The number of hydrogen-bond donors (Lipinski definition) is 3. The summed E-state index contributed by atoms with van der Waals surface area (Å²) < 4.78 is 26.8. The molecule has 30 heavy (non-hydrogen) atoms. The van der Waals surface area contributed by atoms with E-state index in [0.29, 0.717) is 24.5 Å². The van der Waals surface area contributed by atoms with Gasteiger partial charge in [-0.1, -0.05) is 26.0 Å². The lowest BCUT2D eigenvalue weighted by atomic mass is 10.0. The molecular formula is C21H27F2N5O2. The quantitative estimate of drug-likeness (QED) is 0.544. The maximum Gasteiger partial charge on any atom is 0.243 e. The van der Waals surface area contributed by atoms with E-state index in [0.717, 1.165) is 17.7 Å². The normalized spacial score (nSPS) is 11.9. The molecule has 2 rings (SSSR count). The van der Waals surface area contributed by atoms with Crippen LogP contribution in [0.5, 0.6) is 0 Å². The smallest absolute Gasteiger partial charge is 0.243 e. The Morgan fingerprint density at radius 2 is 1.80 bits per heavy atom. The molecule has 7 nitrogen and oxygen atoms in total. The van der Waals surface area contributed by atoms with Gasteiger partial charge in [0.25, 0.3) is 0 Å². The van der Waals surface area contributed by atoms with Gasteiger partial charge in [0.05, 0.1) is 6.54 Å². The minimum atomic E-state index is -1.01. The third-order valence-corrected chi connectivity index (χ3v) is 4.65. The molecule has 1 atom stereocenters. The number of nitrogens with zero attached hydrogens (tertiary/aromatic N) is 2. The van der Waals surface area contributed by atoms with E-state index >= 15 is 0 Å². The molecule has 2 amide bonds. The molecule has 9 heteroatoms. The number of carbonyl (C=O) groups is 2. The first-order valence-electron chi connectivity index (χ1n) is 9.76. The van der Waals surface area contributed by atoms with Crippen LogP contribution in [0.3, 0.4) is 0 Å². The number of aromatic nitrogens is 1. The number of halogens is 2. The highest BCUT2D eigenvalue weighted by Gasteiger charge is 2.22. The van der Waals surface area contributed by atoms with Crippen LogP contribution in [0.25, 0.3) is 0 Å². The monoisotopic (exact) mass is 419 g/mol. The van der Waals surface area contributed by atoms with Crippen molar-refractivity contribution >= 4 is 17.6 Å². The summed E-state index contributed by atoms with van der Waals surface area (Å²) >= 11 is 0. The summed E-state index contributed by atoms with van der Waals surface area (Å²) in [7, 11) is 0. The molecule has 2 aromatic rings. The summed E-state index contributed by atoms with van der Waals surface area (Å²) in [6.45, 7) is 5.57. The van der Waals surface area contributed by atoms with Crippen molar-refractivity contribution in [3.05, 3.63) is 59.3 Å². The zero-order valence-corrected chi connectivity index (χ0v) is 17.1. The molecule has 0 saturated carbocycles. The number of hydrogen-bond acceptors (Lipinski definition) is 5. The van der Waals surface area contributed by atoms with Gasteiger partial charge in [0, 0.05) is 19.2 Å². The molecule has 1 aromatic carbocycles. The van der Waals surface area contributed by atoms with E-state index in [2.05, 4.69) is 15.6 Å². The molecule has 0 spiro atoms. The van der Waals surface area contributed by atoms with Crippen molar-refractivity contribution in [1.29, 1.82) is 0 Å². The molecule has 0 saturated heterocycles. The highest BCUT2D eigenvalue weighted by molar-refractivity contribution is 5.88. The molecule has 4 N–H and O–H groups in total. The number of nitrogens with two attached hydrogens (primary N) is 1. The van der Waals surface area contributed by atoms with Gasteiger partial charge in [-0.15, -0.1) is 0 Å². The van der Waals surface area contributed by atoms with E-state index in [4.69, 9.17) is 5.73 Å². The van der Waals surface area contributed by atoms with E-state index in [9.17, 15) is 18.4 Å². The van der Waals surface area contributed by atoms with Crippen LogP contribution in [0.4, 0.5) is 14.6 Å². The first kappa shape index (κ1) is 23.2. The molecule has 0 bridgehead atoms. The number of pyridine rings is 1. The number of anilines is 1. The number of amides is 2. The maximum atomic E-state index is 13.6. The summed E-state index contributed by atoms with van der Waals surface area (Å²) in [5, 5.41) is 5.43. The van der Waals surface area contributed by atoms with Gasteiger partial charge in [0.2, 0.25) is 11.8 Å². The molecule has 0 unspecified atom stereocenters. The van der Waals surface area contributed by atoms with Crippen molar-refractivity contribution in [3.63, 3.8) is 0 Å². The summed E-state index contributed by atoms with van der Waals surface area (Å²) in [6.07, 6.45) is 1.56. The molecule has 0 fully saturated rings. The predicted molar refractivity (Wildman–Crippen MR) is 110 cm³/mol. The summed E-state index contributed by atoms with van der Waals surface area (Å²) in [5.41, 5.74) is 6.68. The zero-order chi connectivity index (χ0) is 22.1. The number of nitrogen functional groups attached to an aromatic ring is 1. The van der Waals surface area contributed by atoms with Crippen molar-refractivity contribution in [2.24, 2.45) is 0 Å². The fraction of sp³-hybridized carbons (Fsp3) is 0.381. The first-order chi connectivity index (χ1) is 14.3. The van der Waals surface area contributed by atoms with E-state index in [1.165, 1.54) is 6.07 Å². The first-order valence-corrected chi connectivity index (χ1v) is 9.76. The fourth-order valence-corrected chi connectivity index (χ4v) is 2.85.